The van der Waals surface area contributed by atoms with Crippen molar-refractivity contribution in [2.75, 3.05) is 18.4 Å². The minimum atomic E-state index is -4.93. The molecule has 3 aromatic rings. The van der Waals surface area contributed by atoms with E-state index in [0.717, 1.165) is 0 Å². The maximum Gasteiger partial charge on any atom is 0.413 e. The minimum Gasteiger partial charge on any atom is -0.444 e. The molecule has 5 rings (SSSR count). The highest BCUT2D eigenvalue weighted by Gasteiger charge is 2.63. The van der Waals surface area contributed by atoms with Crippen molar-refractivity contribution in [2.24, 2.45) is 5.92 Å². The van der Waals surface area contributed by atoms with Crippen molar-refractivity contribution in [3.63, 3.8) is 0 Å². The van der Waals surface area contributed by atoms with Crippen LogP contribution in [0.5, 0.6) is 0 Å². The number of ether oxygens (including phenoxy) is 1. The quantitative estimate of drug-likeness (QED) is 0.315. The molecule has 0 radical (unpaired) electrons. The van der Waals surface area contributed by atoms with E-state index in [-0.39, 0.29) is 42.7 Å². The van der Waals surface area contributed by atoms with E-state index < -0.39 is 57.0 Å². The Bertz CT molecular complexity index is 1780. The van der Waals surface area contributed by atoms with Crippen LogP contribution in [0.15, 0.2) is 48.8 Å². The summed E-state index contributed by atoms with van der Waals surface area (Å²) in [6.07, 6.45) is 0.118. The second-order valence-corrected chi connectivity index (χ2v) is 15.9. The van der Waals surface area contributed by atoms with E-state index in [1.165, 1.54) is 27.8 Å². The zero-order valence-corrected chi connectivity index (χ0v) is 28.5. The summed E-state index contributed by atoms with van der Waals surface area (Å²) in [5, 5.41) is 11.0. The lowest BCUT2D eigenvalue weighted by Gasteiger charge is -2.46. The number of hydrogen-bond acceptors (Lipinski definition) is 7. The average molecular weight is 692 g/mol. The third-order valence-corrected chi connectivity index (χ3v) is 9.77. The van der Waals surface area contributed by atoms with Crippen molar-refractivity contribution in [2.45, 2.75) is 82.6 Å². The van der Waals surface area contributed by atoms with Gasteiger partial charge in [0.1, 0.15) is 17.6 Å². The number of rotatable bonds is 7. The number of amides is 1. The van der Waals surface area contributed by atoms with Gasteiger partial charge < -0.3 is 20.3 Å². The van der Waals surface area contributed by atoms with Gasteiger partial charge in [-0.15, -0.1) is 0 Å². The smallest absolute Gasteiger partial charge is 0.413 e. The SMILES string of the molecule is CC(C)(C)OC(=O)N1CCC(C(NS(=O)C(C)(C)C)(c2ccc3c(n2)=CC(Nc2ccc(-n4cccn4)cc2F)NC=3)C(F)(F)F)CC1. The van der Waals surface area contributed by atoms with Crippen molar-refractivity contribution < 1.29 is 31.3 Å². The standard InChI is InChI=1S/C33H41F4N7O3S/c1-30(2,3)47-29(45)43-16-12-22(13-17-43)32(33(35,36)37,42-48(46)31(4,5)6)27-11-8-21-20-38-28(19-26(21)40-27)41-25-10-9-23(18-24(25)34)44-15-7-14-39-44/h7-11,14-15,18-20,22,28,38,41-42H,12-13,16-17H2,1-6H3. The number of carbonyl (C=O) groups is 1. The summed E-state index contributed by atoms with van der Waals surface area (Å²) in [5.41, 5.74) is -3.23. The zero-order valence-electron chi connectivity index (χ0n) is 27.7. The van der Waals surface area contributed by atoms with Gasteiger partial charge in [0.25, 0.3) is 0 Å². The number of carbonyl (C=O) groups excluding carboxylic acids is 1. The number of nitrogens with one attached hydrogen (secondary N) is 3. The summed E-state index contributed by atoms with van der Waals surface area (Å²) in [7, 11) is -2.14. The lowest BCUT2D eigenvalue weighted by molar-refractivity contribution is -0.216. The molecule has 3 atom stereocenters. The molecule has 0 bridgehead atoms. The van der Waals surface area contributed by atoms with E-state index in [2.05, 4.69) is 25.4 Å². The van der Waals surface area contributed by atoms with Crippen LogP contribution in [-0.4, -0.2) is 65.7 Å². The van der Waals surface area contributed by atoms with Gasteiger partial charge in [-0.1, -0.05) is 0 Å². The molecule has 1 saturated heterocycles. The molecule has 260 valence electrons. The van der Waals surface area contributed by atoms with Crippen LogP contribution >= 0.6 is 0 Å². The third-order valence-electron chi connectivity index (χ3n) is 8.15. The molecule has 0 aliphatic carbocycles. The number of anilines is 1. The molecular formula is C33H41F4N7O3S. The number of nitrogens with zero attached hydrogens (tertiary/aromatic N) is 4. The van der Waals surface area contributed by atoms with Crippen molar-refractivity contribution in [3.05, 3.63) is 70.9 Å². The van der Waals surface area contributed by atoms with Gasteiger partial charge in [-0.2, -0.15) is 18.3 Å². The van der Waals surface area contributed by atoms with Gasteiger partial charge in [-0.25, -0.2) is 22.8 Å². The number of pyridine rings is 1. The molecule has 1 amide bonds. The third kappa shape index (κ3) is 7.51. The highest BCUT2D eigenvalue weighted by molar-refractivity contribution is 7.84. The number of aromatic nitrogens is 3. The first kappa shape index (κ1) is 35.3. The molecule has 3 N–H and O–H groups in total. The van der Waals surface area contributed by atoms with Crippen LogP contribution in [0.1, 0.15) is 60.1 Å². The Hall–Kier alpha value is -3.98. The van der Waals surface area contributed by atoms with E-state index in [1.54, 1.807) is 84.4 Å². The lowest BCUT2D eigenvalue weighted by Crippen LogP contribution is -2.63. The van der Waals surface area contributed by atoms with E-state index >= 15 is 17.6 Å². The molecule has 4 heterocycles. The van der Waals surface area contributed by atoms with Gasteiger partial charge in [0.15, 0.2) is 5.54 Å². The van der Waals surface area contributed by atoms with Gasteiger partial charge in [-0.3, -0.25) is 4.98 Å². The van der Waals surface area contributed by atoms with Crippen LogP contribution in [0, 0.1) is 11.7 Å². The molecule has 1 aromatic carbocycles. The first-order valence-corrected chi connectivity index (χ1v) is 16.8. The Morgan fingerprint density at radius 3 is 2.35 bits per heavy atom. The van der Waals surface area contributed by atoms with Gasteiger partial charge in [0.05, 0.1) is 38.2 Å². The van der Waals surface area contributed by atoms with Crippen LogP contribution < -0.4 is 25.9 Å². The molecule has 2 aromatic heterocycles. The fraction of sp³-hybridized carbons (Fsp3) is 0.485. The average Bonchev–Trinajstić information content (AvgIpc) is 3.54. The van der Waals surface area contributed by atoms with E-state index in [1.807, 2.05) is 0 Å². The molecule has 3 unspecified atom stereocenters. The molecule has 15 heteroatoms. The van der Waals surface area contributed by atoms with Crippen molar-refractivity contribution in [1.82, 2.24) is 29.7 Å². The largest absolute Gasteiger partial charge is 0.444 e. The number of piperidine rings is 1. The Labute approximate surface area is 279 Å². The Morgan fingerprint density at radius 1 is 1.06 bits per heavy atom. The molecular weight excluding hydrogens is 650 g/mol. The predicted molar refractivity (Wildman–Crippen MR) is 176 cm³/mol. The highest BCUT2D eigenvalue weighted by atomic mass is 32.2. The monoisotopic (exact) mass is 691 g/mol. The Kier molecular flexibility index (Phi) is 9.67. The summed E-state index contributed by atoms with van der Waals surface area (Å²) < 4.78 is 83.8. The second kappa shape index (κ2) is 13.1. The Balaban J connectivity index is 1.49. The molecule has 0 spiro atoms. The van der Waals surface area contributed by atoms with E-state index in [9.17, 15) is 9.00 Å². The molecule has 1 fully saturated rings. The second-order valence-electron chi connectivity index (χ2n) is 13.9. The zero-order chi connectivity index (χ0) is 35.1. The minimum absolute atomic E-state index is 0.0206. The lowest BCUT2D eigenvalue weighted by atomic mass is 9.75. The molecule has 10 nitrogen and oxygen atoms in total. The van der Waals surface area contributed by atoms with E-state index in [4.69, 9.17) is 4.74 Å². The number of halogens is 4. The molecule has 2 aliphatic rings. The summed E-state index contributed by atoms with van der Waals surface area (Å²) >= 11 is 0. The number of benzene rings is 1. The first-order valence-electron chi connectivity index (χ1n) is 15.6. The summed E-state index contributed by atoms with van der Waals surface area (Å²) in [6, 6.07) is 9.09. The number of alkyl halides is 3. The first-order chi connectivity index (χ1) is 22.4. The van der Waals surface area contributed by atoms with Crippen LogP contribution in [0.25, 0.3) is 18.0 Å². The van der Waals surface area contributed by atoms with Gasteiger partial charge in [0.2, 0.25) is 0 Å². The highest BCUT2D eigenvalue weighted by Crippen LogP contribution is 2.48. The number of likely N-dealkylation sites (tertiary alicyclic amines) is 1. The normalized spacial score (nSPS) is 19.2. The fourth-order valence-corrected chi connectivity index (χ4v) is 6.67. The van der Waals surface area contributed by atoms with Gasteiger partial charge in [0, 0.05) is 43.0 Å². The maximum atomic E-state index is 15.6. The predicted octanol–water partition coefficient (Wildman–Crippen LogP) is 4.42. The van der Waals surface area contributed by atoms with Crippen molar-refractivity contribution in [1.29, 1.82) is 0 Å². The van der Waals surface area contributed by atoms with Crippen LogP contribution in [0.2, 0.25) is 0 Å². The fourth-order valence-electron chi connectivity index (χ4n) is 5.68. The van der Waals surface area contributed by atoms with Crippen molar-refractivity contribution in [3.8, 4) is 5.69 Å². The molecule has 48 heavy (non-hydrogen) atoms. The van der Waals surface area contributed by atoms with Crippen LogP contribution in [0.3, 0.4) is 0 Å². The number of hydrogen-bond donors (Lipinski definition) is 3. The van der Waals surface area contributed by atoms with Gasteiger partial charge in [-0.05, 0) is 96.7 Å². The van der Waals surface area contributed by atoms with Gasteiger partial charge >= 0.3 is 12.3 Å². The topological polar surface area (TPSA) is 113 Å². The number of fused-ring (bicyclic) bond motifs is 1. The molecule has 2 aliphatic heterocycles. The van der Waals surface area contributed by atoms with E-state index in [0.29, 0.717) is 10.9 Å². The summed E-state index contributed by atoms with van der Waals surface area (Å²) in [5.74, 6) is -1.66. The summed E-state index contributed by atoms with van der Waals surface area (Å²) in [6.45, 7) is 9.98. The maximum absolute atomic E-state index is 15.6. The summed E-state index contributed by atoms with van der Waals surface area (Å²) in [4.78, 5) is 18.6. The Morgan fingerprint density at radius 2 is 1.77 bits per heavy atom. The van der Waals surface area contributed by atoms with Crippen LogP contribution in [0.4, 0.5) is 28.0 Å². The van der Waals surface area contributed by atoms with Crippen molar-refractivity contribution >= 4 is 35.0 Å². The van der Waals surface area contributed by atoms with Crippen LogP contribution in [-0.2, 0) is 21.3 Å². The molecule has 0 saturated carbocycles.